The van der Waals surface area contributed by atoms with E-state index in [1.807, 2.05) is 64.1 Å². The highest BCUT2D eigenvalue weighted by atomic mass is 35.5. The summed E-state index contributed by atoms with van der Waals surface area (Å²) in [6.45, 7) is 9.31. The zero-order valence-corrected chi connectivity index (χ0v) is 22.8. The molecule has 4 rings (SSSR count). The number of benzene rings is 2. The van der Waals surface area contributed by atoms with Crippen molar-refractivity contribution >= 4 is 17.6 Å². The summed E-state index contributed by atoms with van der Waals surface area (Å²) in [6.07, 6.45) is 1.91. The molecule has 2 heterocycles. The molecule has 0 aliphatic carbocycles. The van der Waals surface area contributed by atoms with Crippen LogP contribution < -0.4 is 14.8 Å². The van der Waals surface area contributed by atoms with Crippen LogP contribution in [-0.2, 0) is 11.3 Å². The number of urea groups is 1. The number of ether oxygens (including phenoxy) is 3. The van der Waals surface area contributed by atoms with Crippen molar-refractivity contribution in [3.63, 3.8) is 0 Å². The van der Waals surface area contributed by atoms with Gasteiger partial charge < -0.3 is 24.4 Å². The molecule has 1 aliphatic rings. The van der Waals surface area contributed by atoms with Crippen molar-refractivity contribution in [3.05, 3.63) is 64.8 Å². The first-order valence-corrected chi connectivity index (χ1v) is 12.9. The molecule has 1 aliphatic heterocycles. The second kappa shape index (κ2) is 11.4. The Kier molecular flexibility index (Phi) is 8.29. The molecule has 1 atom stereocenters. The highest BCUT2D eigenvalue weighted by Crippen LogP contribution is 2.36. The molecular weight excluding hydrogens is 492 g/mol. The highest BCUT2D eigenvalue weighted by Gasteiger charge is 2.29. The van der Waals surface area contributed by atoms with Crippen LogP contribution in [0.3, 0.4) is 0 Å². The molecule has 2 aromatic carbocycles. The van der Waals surface area contributed by atoms with E-state index in [-0.39, 0.29) is 17.7 Å². The number of carbonyl (C=O) groups is 1. The average Bonchev–Trinajstić information content (AvgIpc) is 3.47. The van der Waals surface area contributed by atoms with Crippen molar-refractivity contribution < 1.29 is 19.0 Å². The van der Waals surface area contributed by atoms with E-state index < -0.39 is 0 Å². The van der Waals surface area contributed by atoms with Gasteiger partial charge in [0, 0.05) is 23.7 Å². The zero-order chi connectivity index (χ0) is 26.6. The highest BCUT2D eigenvalue weighted by molar-refractivity contribution is 6.30. The Morgan fingerprint density at radius 3 is 2.51 bits per heavy atom. The molecular formula is C28H35ClN4O4. The van der Waals surface area contributed by atoms with Crippen LogP contribution >= 0.6 is 11.6 Å². The summed E-state index contributed by atoms with van der Waals surface area (Å²) in [6, 6.07) is 14.7. The summed E-state index contributed by atoms with van der Waals surface area (Å²) in [5.41, 5.74) is 1.95. The second-order valence-electron chi connectivity index (χ2n) is 10.2. The average molecular weight is 527 g/mol. The Labute approximate surface area is 223 Å². The molecule has 1 N–H and O–H groups in total. The fourth-order valence-corrected chi connectivity index (χ4v) is 4.36. The summed E-state index contributed by atoms with van der Waals surface area (Å²) < 4.78 is 19.6. The van der Waals surface area contributed by atoms with Crippen LogP contribution in [0.25, 0.3) is 5.69 Å². The van der Waals surface area contributed by atoms with Gasteiger partial charge in [0.15, 0.2) is 11.5 Å². The quantitative estimate of drug-likeness (QED) is 0.382. The van der Waals surface area contributed by atoms with Crippen LogP contribution in [0, 0.1) is 6.92 Å². The van der Waals surface area contributed by atoms with Crippen LogP contribution in [0.5, 0.6) is 17.4 Å². The van der Waals surface area contributed by atoms with Crippen molar-refractivity contribution in [2.24, 2.45) is 0 Å². The van der Waals surface area contributed by atoms with E-state index >= 15 is 0 Å². The molecule has 0 saturated carbocycles. The SMILES string of the molecule is COc1ccccc1Oc1c(CN(CC2CCCO2)C(=O)NC(C)(C)C)c(C)nn1-c1ccc(Cl)cc1. The van der Waals surface area contributed by atoms with Gasteiger partial charge in [-0.25, -0.2) is 9.48 Å². The zero-order valence-electron chi connectivity index (χ0n) is 22.1. The fraction of sp³-hybridized carbons (Fsp3) is 0.429. The number of halogens is 1. The number of hydrogen-bond acceptors (Lipinski definition) is 5. The number of methoxy groups -OCH3 is 1. The third-order valence-corrected chi connectivity index (χ3v) is 6.30. The number of nitrogens with zero attached hydrogens (tertiary/aromatic N) is 3. The van der Waals surface area contributed by atoms with Gasteiger partial charge in [-0.15, -0.1) is 0 Å². The first-order valence-electron chi connectivity index (χ1n) is 12.5. The van der Waals surface area contributed by atoms with E-state index in [4.69, 9.17) is 30.9 Å². The molecule has 0 radical (unpaired) electrons. The first kappa shape index (κ1) is 26.8. The van der Waals surface area contributed by atoms with Crippen molar-refractivity contribution in [2.45, 2.75) is 58.7 Å². The number of aromatic nitrogens is 2. The minimum atomic E-state index is -0.384. The van der Waals surface area contributed by atoms with Crippen molar-refractivity contribution in [1.82, 2.24) is 20.0 Å². The maximum absolute atomic E-state index is 13.4. The number of amides is 2. The Morgan fingerprint density at radius 1 is 1.19 bits per heavy atom. The van der Waals surface area contributed by atoms with Crippen molar-refractivity contribution in [3.8, 4) is 23.1 Å². The van der Waals surface area contributed by atoms with E-state index in [0.29, 0.717) is 35.5 Å². The summed E-state index contributed by atoms with van der Waals surface area (Å²) in [7, 11) is 1.60. The normalized spacial score (nSPS) is 15.5. The lowest BCUT2D eigenvalue weighted by Gasteiger charge is -2.30. The molecule has 1 unspecified atom stereocenters. The molecule has 1 aromatic heterocycles. The number of rotatable bonds is 8. The van der Waals surface area contributed by atoms with Gasteiger partial charge in [0.1, 0.15) is 0 Å². The molecule has 198 valence electrons. The van der Waals surface area contributed by atoms with Gasteiger partial charge in [-0.3, -0.25) is 0 Å². The molecule has 3 aromatic rings. The van der Waals surface area contributed by atoms with Crippen LogP contribution in [0.2, 0.25) is 5.02 Å². The Hall–Kier alpha value is -3.23. The number of para-hydroxylation sites is 2. The van der Waals surface area contributed by atoms with Crippen LogP contribution in [-0.4, -0.2) is 52.6 Å². The lowest BCUT2D eigenvalue weighted by atomic mass is 10.1. The molecule has 37 heavy (non-hydrogen) atoms. The maximum atomic E-state index is 13.4. The van der Waals surface area contributed by atoms with Gasteiger partial charge in [-0.05, 0) is 76.9 Å². The standard InChI is InChI=1S/C28H35ClN4O4/c1-19-23(18-32(17-22-9-8-16-36-22)27(34)30-28(2,3)4)26(37-25-11-7-6-10-24(25)35-5)33(31-19)21-14-12-20(29)13-15-21/h6-7,10-15,22H,8-9,16-18H2,1-5H3,(H,30,34). The molecule has 1 saturated heterocycles. The summed E-state index contributed by atoms with van der Waals surface area (Å²) in [5, 5.41) is 8.52. The van der Waals surface area contributed by atoms with Gasteiger partial charge in [-0.1, -0.05) is 23.7 Å². The van der Waals surface area contributed by atoms with Gasteiger partial charge in [0.05, 0.1) is 36.7 Å². The van der Waals surface area contributed by atoms with Crippen molar-refractivity contribution in [2.75, 3.05) is 20.3 Å². The predicted octanol–water partition coefficient (Wildman–Crippen LogP) is 6.12. The number of nitrogens with one attached hydrogen (secondary N) is 1. The van der Waals surface area contributed by atoms with Crippen LogP contribution in [0.15, 0.2) is 48.5 Å². The Balaban J connectivity index is 1.76. The monoisotopic (exact) mass is 526 g/mol. The predicted molar refractivity (Wildman–Crippen MR) is 144 cm³/mol. The summed E-state index contributed by atoms with van der Waals surface area (Å²) in [5.74, 6) is 1.65. The number of hydrogen-bond donors (Lipinski definition) is 1. The van der Waals surface area contributed by atoms with E-state index in [2.05, 4.69) is 5.32 Å². The lowest BCUT2D eigenvalue weighted by molar-refractivity contribution is 0.0779. The van der Waals surface area contributed by atoms with Gasteiger partial charge >= 0.3 is 6.03 Å². The fourth-order valence-electron chi connectivity index (χ4n) is 4.23. The van der Waals surface area contributed by atoms with Crippen LogP contribution in [0.4, 0.5) is 4.79 Å². The van der Waals surface area contributed by atoms with Crippen LogP contribution in [0.1, 0.15) is 44.9 Å². The number of carbonyl (C=O) groups excluding carboxylic acids is 1. The van der Waals surface area contributed by atoms with E-state index in [1.165, 1.54) is 0 Å². The molecule has 1 fully saturated rings. The molecule has 9 heteroatoms. The van der Waals surface area contributed by atoms with Gasteiger partial charge in [-0.2, -0.15) is 5.10 Å². The molecule has 0 bridgehead atoms. The molecule has 2 amide bonds. The molecule has 8 nitrogen and oxygen atoms in total. The Bertz CT molecular complexity index is 1210. The minimum absolute atomic E-state index is 0.00378. The Morgan fingerprint density at radius 2 is 1.89 bits per heavy atom. The minimum Gasteiger partial charge on any atom is -0.493 e. The largest absolute Gasteiger partial charge is 0.493 e. The lowest BCUT2D eigenvalue weighted by Crippen LogP contribution is -2.50. The maximum Gasteiger partial charge on any atom is 0.318 e. The summed E-state index contributed by atoms with van der Waals surface area (Å²) in [4.78, 5) is 15.2. The third kappa shape index (κ3) is 6.76. The van der Waals surface area contributed by atoms with Crippen molar-refractivity contribution in [1.29, 1.82) is 0 Å². The topological polar surface area (TPSA) is 77.8 Å². The molecule has 0 spiro atoms. The van der Waals surface area contributed by atoms with E-state index in [9.17, 15) is 4.79 Å². The van der Waals surface area contributed by atoms with E-state index in [1.54, 1.807) is 28.8 Å². The first-order chi connectivity index (χ1) is 17.6. The van der Waals surface area contributed by atoms with Gasteiger partial charge in [0.25, 0.3) is 0 Å². The second-order valence-corrected chi connectivity index (χ2v) is 10.6. The van der Waals surface area contributed by atoms with Gasteiger partial charge in [0.2, 0.25) is 5.88 Å². The van der Waals surface area contributed by atoms with E-state index in [0.717, 1.165) is 36.4 Å². The third-order valence-electron chi connectivity index (χ3n) is 6.05. The smallest absolute Gasteiger partial charge is 0.318 e. The summed E-state index contributed by atoms with van der Waals surface area (Å²) >= 11 is 6.14. The number of aryl methyl sites for hydroxylation is 1.